The van der Waals surface area contributed by atoms with Gasteiger partial charge in [-0.05, 0) is 42.8 Å². The van der Waals surface area contributed by atoms with Gasteiger partial charge in [0, 0.05) is 18.5 Å². The molecule has 1 heterocycles. The van der Waals surface area contributed by atoms with E-state index in [-0.39, 0.29) is 10.8 Å². The van der Waals surface area contributed by atoms with Crippen LogP contribution in [0.5, 0.6) is 5.75 Å². The maximum atomic E-state index is 9.24. The summed E-state index contributed by atoms with van der Waals surface area (Å²) in [6, 6.07) is 10.7. The molecule has 0 radical (unpaired) electrons. The lowest BCUT2D eigenvalue weighted by Gasteiger charge is -2.49. The number of piperidine rings is 1. The Morgan fingerprint density at radius 2 is 1.86 bits per heavy atom. The maximum Gasteiger partial charge on any atom is 0.123 e. The largest absolute Gasteiger partial charge is 0.496 e. The fourth-order valence-electron chi connectivity index (χ4n) is 3.56. The molecule has 0 spiro atoms. The minimum atomic E-state index is 0.152. The second-order valence-electron chi connectivity index (χ2n) is 7.45. The van der Waals surface area contributed by atoms with Gasteiger partial charge in [-0.15, -0.1) is 0 Å². The van der Waals surface area contributed by atoms with Crippen LogP contribution in [0, 0.1) is 22.2 Å². The molecule has 0 aliphatic carbocycles. The van der Waals surface area contributed by atoms with Gasteiger partial charge in [0.1, 0.15) is 5.75 Å². The number of likely N-dealkylation sites (tertiary alicyclic amines) is 1. The van der Waals surface area contributed by atoms with Crippen molar-refractivity contribution in [1.29, 1.82) is 5.26 Å². The van der Waals surface area contributed by atoms with Gasteiger partial charge in [-0.1, -0.05) is 39.0 Å². The number of hydrogen-bond donors (Lipinski definition) is 0. The first kappa shape index (κ1) is 16.8. The summed E-state index contributed by atoms with van der Waals surface area (Å²) in [6.07, 6.45) is 2.86. The molecular formula is C19H28N2O. The predicted octanol–water partition coefficient (Wildman–Crippen LogP) is 4.24. The highest BCUT2D eigenvalue weighted by Crippen LogP contribution is 2.49. The standard InChI is InChI=1S/C19H28N2O/c1-18(2,3)19(9-12-20)10-13-21(14-11-19)15-16-7-5-6-8-17(16)22-4/h5-8H,9-11,13-15H2,1-4H3. The molecule has 1 aromatic rings. The summed E-state index contributed by atoms with van der Waals surface area (Å²) >= 11 is 0. The Balaban J connectivity index is 2.04. The van der Waals surface area contributed by atoms with Crippen LogP contribution in [0.15, 0.2) is 24.3 Å². The van der Waals surface area contributed by atoms with Gasteiger partial charge in [0.15, 0.2) is 0 Å². The number of benzene rings is 1. The minimum Gasteiger partial charge on any atom is -0.496 e. The van der Waals surface area contributed by atoms with Gasteiger partial charge in [0.25, 0.3) is 0 Å². The van der Waals surface area contributed by atoms with Crippen molar-refractivity contribution in [3.8, 4) is 11.8 Å². The number of ether oxygens (including phenoxy) is 1. The highest BCUT2D eigenvalue weighted by atomic mass is 16.5. The molecule has 0 aromatic heterocycles. The van der Waals surface area contributed by atoms with Gasteiger partial charge in [-0.3, -0.25) is 4.90 Å². The van der Waals surface area contributed by atoms with E-state index in [2.05, 4.69) is 43.9 Å². The first-order valence-electron chi connectivity index (χ1n) is 8.13. The van der Waals surface area contributed by atoms with E-state index in [4.69, 9.17) is 4.74 Å². The quantitative estimate of drug-likeness (QED) is 0.834. The molecule has 1 aromatic carbocycles. The molecule has 3 nitrogen and oxygen atoms in total. The fraction of sp³-hybridized carbons (Fsp3) is 0.632. The number of para-hydroxylation sites is 1. The van der Waals surface area contributed by atoms with E-state index in [0.29, 0.717) is 6.42 Å². The maximum absolute atomic E-state index is 9.24. The summed E-state index contributed by atoms with van der Waals surface area (Å²) in [6.45, 7) is 9.87. The zero-order chi connectivity index (χ0) is 16.2. The number of nitriles is 1. The smallest absolute Gasteiger partial charge is 0.123 e. The molecule has 0 unspecified atom stereocenters. The Hall–Kier alpha value is -1.53. The van der Waals surface area contributed by atoms with Gasteiger partial charge in [0.05, 0.1) is 13.2 Å². The van der Waals surface area contributed by atoms with Crippen LogP contribution in [0.1, 0.15) is 45.6 Å². The average Bonchev–Trinajstić information content (AvgIpc) is 2.49. The van der Waals surface area contributed by atoms with Crippen LogP contribution in [-0.2, 0) is 6.54 Å². The van der Waals surface area contributed by atoms with Crippen LogP contribution in [0.3, 0.4) is 0 Å². The van der Waals surface area contributed by atoms with Crippen molar-refractivity contribution in [2.24, 2.45) is 10.8 Å². The lowest BCUT2D eigenvalue weighted by Crippen LogP contribution is -2.46. The third-order valence-corrected chi connectivity index (χ3v) is 5.41. The predicted molar refractivity (Wildman–Crippen MR) is 89.6 cm³/mol. The third-order valence-electron chi connectivity index (χ3n) is 5.41. The summed E-state index contributed by atoms with van der Waals surface area (Å²) in [4.78, 5) is 2.49. The lowest BCUT2D eigenvalue weighted by atomic mass is 9.60. The van der Waals surface area contributed by atoms with Crippen molar-refractivity contribution in [3.05, 3.63) is 29.8 Å². The van der Waals surface area contributed by atoms with Crippen molar-refractivity contribution in [2.45, 2.75) is 46.6 Å². The van der Waals surface area contributed by atoms with Crippen LogP contribution >= 0.6 is 0 Å². The summed E-state index contributed by atoms with van der Waals surface area (Å²) in [7, 11) is 1.73. The molecule has 1 aliphatic rings. The van der Waals surface area contributed by atoms with E-state index < -0.39 is 0 Å². The van der Waals surface area contributed by atoms with Gasteiger partial charge >= 0.3 is 0 Å². The molecule has 0 atom stereocenters. The minimum absolute atomic E-state index is 0.152. The molecular weight excluding hydrogens is 272 g/mol. The van der Waals surface area contributed by atoms with Crippen LogP contribution < -0.4 is 4.74 Å². The van der Waals surface area contributed by atoms with E-state index in [1.165, 1.54) is 5.56 Å². The Bertz CT molecular complexity index is 531. The fourth-order valence-corrected chi connectivity index (χ4v) is 3.56. The molecule has 2 rings (SSSR count). The van der Waals surface area contributed by atoms with Crippen molar-refractivity contribution in [2.75, 3.05) is 20.2 Å². The van der Waals surface area contributed by atoms with E-state index in [9.17, 15) is 5.26 Å². The van der Waals surface area contributed by atoms with Crippen LogP contribution in [0.2, 0.25) is 0 Å². The normalized spacial score (nSPS) is 18.7. The van der Waals surface area contributed by atoms with Crippen molar-refractivity contribution in [1.82, 2.24) is 4.90 Å². The summed E-state index contributed by atoms with van der Waals surface area (Å²) in [5.41, 5.74) is 1.58. The molecule has 0 bridgehead atoms. The summed E-state index contributed by atoms with van der Waals surface area (Å²) < 4.78 is 5.45. The van der Waals surface area contributed by atoms with E-state index in [1.807, 2.05) is 12.1 Å². The number of methoxy groups -OCH3 is 1. The van der Waals surface area contributed by atoms with Crippen molar-refractivity contribution < 1.29 is 4.74 Å². The molecule has 1 aliphatic heterocycles. The van der Waals surface area contributed by atoms with E-state index in [0.717, 1.165) is 38.2 Å². The number of hydrogen-bond acceptors (Lipinski definition) is 3. The van der Waals surface area contributed by atoms with Gasteiger partial charge < -0.3 is 4.74 Å². The molecule has 120 valence electrons. The second-order valence-corrected chi connectivity index (χ2v) is 7.45. The SMILES string of the molecule is COc1ccccc1CN1CCC(CC#N)(C(C)(C)C)CC1. The Morgan fingerprint density at radius 1 is 1.23 bits per heavy atom. The summed E-state index contributed by atoms with van der Waals surface area (Å²) in [5.74, 6) is 0.965. The monoisotopic (exact) mass is 300 g/mol. The topological polar surface area (TPSA) is 36.3 Å². The first-order valence-corrected chi connectivity index (χ1v) is 8.13. The second kappa shape index (κ2) is 6.71. The van der Waals surface area contributed by atoms with Crippen LogP contribution in [0.4, 0.5) is 0 Å². The average molecular weight is 300 g/mol. The summed E-state index contributed by atoms with van der Waals surface area (Å²) in [5, 5.41) is 9.24. The molecule has 0 amide bonds. The Morgan fingerprint density at radius 3 is 2.41 bits per heavy atom. The number of rotatable bonds is 4. The molecule has 1 fully saturated rings. The van der Waals surface area contributed by atoms with Gasteiger partial charge in [-0.2, -0.15) is 5.26 Å². The first-order chi connectivity index (χ1) is 10.4. The molecule has 22 heavy (non-hydrogen) atoms. The zero-order valence-electron chi connectivity index (χ0n) is 14.4. The van der Waals surface area contributed by atoms with Crippen molar-refractivity contribution in [3.63, 3.8) is 0 Å². The third kappa shape index (κ3) is 3.44. The van der Waals surface area contributed by atoms with Gasteiger partial charge in [0.2, 0.25) is 0 Å². The van der Waals surface area contributed by atoms with E-state index >= 15 is 0 Å². The van der Waals surface area contributed by atoms with Gasteiger partial charge in [-0.25, -0.2) is 0 Å². The molecule has 0 saturated carbocycles. The molecule has 1 saturated heterocycles. The van der Waals surface area contributed by atoms with E-state index in [1.54, 1.807) is 7.11 Å². The Kier molecular flexibility index (Phi) is 5.13. The highest BCUT2D eigenvalue weighted by Gasteiger charge is 2.43. The Labute approximate surface area is 134 Å². The molecule has 3 heteroatoms. The highest BCUT2D eigenvalue weighted by molar-refractivity contribution is 5.33. The lowest BCUT2D eigenvalue weighted by molar-refractivity contribution is 0.00694. The van der Waals surface area contributed by atoms with Crippen LogP contribution in [-0.4, -0.2) is 25.1 Å². The van der Waals surface area contributed by atoms with Crippen molar-refractivity contribution >= 4 is 0 Å². The molecule has 0 N–H and O–H groups in total. The number of nitrogens with zero attached hydrogens (tertiary/aromatic N) is 2. The van der Waals surface area contributed by atoms with Crippen LogP contribution in [0.25, 0.3) is 0 Å². The zero-order valence-corrected chi connectivity index (χ0v) is 14.4.